The minimum atomic E-state index is -3.56. The van der Waals surface area contributed by atoms with Crippen LogP contribution >= 0.6 is 0 Å². The van der Waals surface area contributed by atoms with E-state index in [0.29, 0.717) is 12.2 Å². The predicted molar refractivity (Wildman–Crippen MR) is 110 cm³/mol. The number of benzene rings is 2. The third kappa shape index (κ3) is 5.31. The Balaban J connectivity index is 2.07. The van der Waals surface area contributed by atoms with Crippen LogP contribution in [0.15, 0.2) is 53.4 Å². The fourth-order valence-corrected chi connectivity index (χ4v) is 3.54. The molecule has 0 saturated carbocycles. The SMILES string of the molecule is COc1cccc(CN(C)[C@@H](C)C(=O)Nc2cccc(S(=O)(=O)N(C)C)c2)c1. The van der Waals surface area contributed by atoms with E-state index in [1.165, 1.54) is 26.2 Å². The quantitative estimate of drug-likeness (QED) is 0.730. The molecule has 0 aromatic heterocycles. The molecule has 0 saturated heterocycles. The number of ether oxygens (including phenoxy) is 1. The van der Waals surface area contributed by atoms with Crippen LogP contribution in [0.5, 0.6) is 5.75 Å². The maximum atomic E-state index is 12.6. The van der Waals surface area contributed by atoms with Crippen LogP contribution in [0.2, 0.25) is 0 Å². The number of rotatable bonds is 8. The van der Waals surface area contributed by atoms with E-state index in [1.54, 1.807) is 26.2 Å². The summed E-state index contributed by atoms with van der Waals surface area (Å²) in [5.74, 6) is 0.548. The van der Waals surface area contributed by atoms with E-state index in [-0.39, 0.29) is 10.8 Å². The van der Waals surface area contributed by atoms with E-state index >= 15 is 0 Å². The molecule has 0 heterocycles. The summed E-state index contributed by atoms with van der Waals surface area (Å²) in [6, 6.07) is 13.5. The van der Waals surface area contributed by atoms with Gasteiger partial charge < -0.3 is 10.1 Å². The lowest BCUT2D eigenvalue weighted by Crippen LogP contribution is -2.39. The molecule has 28 heavy (non-hydrogen) atoms. The molecule has 0 radical (unpaired) electrons. The van der Waals surface area contributed by atoms with Gasteiger partial charge in [0.1, 0.15) is 5.75 Å². The molecule has 2 aromatic carbocycles. The fourth-order valence-electron chi connectivity index (χ4n) is 2.59. The van der Waals surface area contributed by atoms with E-state index in [2.05, 4.69) is 5.32 Å². The predicted octanol–water partition coefficient (Wildman–Crippen LogP) is 2.40. The lowest BCUT2D eigenvalue weighted by molar-refractivity contribution is -0.120. The summed E-state index contributed by atoms with van der Waals surface area (Å²) in [6.07, 6.45) is 0. The van der Waals surface area contributed by atoms with E-state index in [1.807, 2.05) is 36.2 Å². The lowest BCUT2D eigenvalue weighted by atomic mass is 10.1. The molecule has 0 aliphatic heterocycles. The normalized spacial score (nSPS) is 12.8. The largest absolute Gasteiger partial charge is 0.497 e. The first-order valence-electron chi connectivity index (χ1n) is 8.81. The van der Waals surface area contributed by atoms with Crippen LogP contribution in [-0.2, 0) is 21.4 Å². The number of carbonyl (C=O) groups is 1. The van der Waals surface area contributed by atoms with Crippen molar-refractivity contribution in [1.82, 2.24) is 9.21 Å². The molecule has 0 aliphatic rings. The molecule has 1 N–H and O–H groups in total. The van der Waals surface area contributed by atoms with Crippen molar-refractivity contribution < 1.29 is 17.9 Å². The molecule has 1 amide bonds. The zero-order valence-corrected chi connectivity index (χ0v) is 17.7. The molecule has 2 aromatic rings. The molecule has 0 aliphatic carbocycles. The third-order valence-corrected chi connectivity index (χ3v) is 6.30. The zero-order chi connectivity index (χ0) is 20.9. The molecule has 0 unspecified atom stereocenters. The van der Waals surface area contributed by atoms with Crippen LogP contribution in [0.25, 0.3) is 0 Å². The van der Waals surface area contributed by atoms with E-state index in [9.17, 15) is 13.2 Å². The van der Waals surface area contributed by atoms with Gasteiger partial charge in [-0.1, -0.05) is 18.2 Å². The Bertz CT molecular complexity index is 929. The first-order chi connectivity index (χ1) is 13.1. The highest BCUT2D eigenvalue weighted by Crippen LogP contribution is 2.19. The standard InChI is InChI=1S/C20H27N3O4S/c1-15(23(4)14-16-8-6-10-18(12-16)27-5)20(24)21-17-9-7-11-19(13-17)28(25,26)22(2)3/h6-13,15H,14H2,1-5H3,(H,21,24)/t15-/m0/s1. The molecular formula is C20H27N3O4S. The molecular weight excluding hydrogens is 378 g/mol. The second-order valence-electron chi connectivity index (χ2n) is 6.75. The summed E-state index contributed by atoms with van der Waals surface area (Å²) in [6.45, 7) is 2.37. The van der Waals surface area contributed by atoms with Crippen molar-refractivity contribution in [1.29, 1.82) is 0 Å². The topological polar surface area (TPSA) is 79.0 Å². The molecule has 0 bridgehead atoms. The van der Waals surface area contributed by atoms with Crippen LogP contribution in [0.1, 0.15) is 12.5 Å². The van der Waals surface area contributed by atoms with E-state index in [4.69, 9.17) is 4.74 Å². The number of nitrogens with zero attached hydrogens (tertiary/aromatic N) is 2. The van der Waals surface area contributed by atoms with E-state index in [0.717, 1.165) is 15.6 Å². The van der Waals surface area contributed by atoms with Gasteiger partial charge in [0.15, 0.2) is 0 Å². The second-order valence-corrected chi connectivity index (χ2v) is 8.90. The van der Waals surface area contributed by atoms with Gasteiger partial charge in [0.2, 0.25) is 15.9 Å². The number of anilines is 1. The second kappa shape index (κ2) is 9.18. The highest BCUT2D eigenvalue weighted by Gasteiger charge is 2.21. The van der Waals surface area contributed by atoms with Crippen LogP contribution in [0, 0.1) is 0 Å². The van der Waals surface area contributed by atoms with E-state index < -0.39 is 16.1 Å². The van der Waals surface area contributed by atoms with Gasteiger partial charge in [-0.15, -0.1) is 0 Å². The zero-order valence-electron chi connectivity index (χ0n) is 16.8. The van der Waals surface area contributed by atoms with Crippen LogP contribution < -0.4 is 10.1 Å². The van der Waals surface area contributed by atoms with Gasteiger partial charge in [0.25, 0.3) is 0 Å². The number of likely N-dealkylation sites (N-methyl/N-ethyl adjacent to an activating group) is 1. The van der Waals surface area contributed by atoms with Gasteiger partial charge in [0, 0.05) is 26.3 Å². The summed E-state index contributed by atoms with van der Waals surface area (Å²) >= 11 is 0. The summed E-state index contributed by atoms with van der Waals surface area (Å²) < 4.78 is 30.9. The Morgan fingerprint density at radius 1 is 1.11 bits per heavy atom. The van der Waals surface area contributed by atoms with Crippen molar-refractivity contribution in [2.75, 3.05) is 33.6 Å². The number of nitrogens with one attached hydrogen (secondary N) is 1. The van der Waals surface area contributed by atoms with Gasteiger partial charge in [-0.05, 0) is 49.9 Å². The van der Waals surface area contributed by atoms with Crippen molar-refractivity contribution in [2.45, 2.75) is 24.4 Å². The molecule has 0 spiro atoms. The van der Waals surface area contributed by atoms with Crippen molar-refractivity contribution in [3.63, 3.8) is 0 Å². The first kappa shape index (κ1) is 21.9. The van der Waals surface area contributed by atoms with Crippen LogP contribution in [-0.4, -0.2) is 57.8 Å². The number of methoxy groups -OCH3 is 1. The van der Waals surface area contributed by atoms with Gasteiger partial charge in [-0.3, -0.25) is 9.69 Å². The Hall–Kier alpha value is -2.42. The average Bonchev–Trinajstić information content (AvgIpc) is 2.67. The average molecular weight is 406 g/mol. The Morgan fingerprint density at radius 3 is 2.43 bits per heavy atom. The summed E-state index contributed by atoms with van der Waals surface area (Å²) in [7, 11) is 2.85. The van der Waals surface area contributed by atoms with Crippen molar-refractivity contribution in [3.8, 4) is 5.75 Å². The summed E-state index contributed by atoms with van der Waals surface area (Å²) in [5.41, 5.74) is 1.47. The van der Waals surface area contributed by atoms with Crippen LogP contribution in [0.4, 0.5) is 5.69 Å². The molecule has 0 fully saturated rings. The van der Waals surface area contributed by atoms with Gasteiger partial charge in [-0.25, -0.2) is 12.7 Å². The number of carbonyl (C=O) groups excluding carboxylic acids is 1. The highest BCUT2D eigenvalue weighted by atomic mass is 32.2. The maximum Gasteiger partial charge on any atom is 0.242 e. The Labute approximate surface area is 167 Å². The summed E-state index contributed by atoms with van der Waals surface area (Å²) in [4.78, 5) is 14.7. The molecule has 7 nitrogen and oxygen atoms in total. The third-order valence-electron chi connectivity index (χ3n) is 4.49. The van der Waals surface area contributed by atoms with Crippen molar-refractivity contribution >= 4 is 21.6 Å². The number of amides is 1. The number of hydrogen-bond donors (Lipinski definition) is 1. The monoisotopic (exact) mass is 405 g/mol. The minimum absolute atomic E-state index is 0.132. The summed E-state index contributed by atoms with van der Waals surface area (Å²) in [5, 5.41) is 2.79. The lowest BCUT2D eigenvalue weighted by Gasteiger charge is -2.24. The molecule has 2 rings (SSSR count). The van der Waals surface area contributed by atoms with Gasteiger partial charge in [0.05, 0.1) is 18.0 Å². The Morgan fingerprint density at radius 2 is 1.79 bits per heavy atom. The fraction of sp³-hybridized carbons (Fsp3) is 0.350. The van der Waals surface area contributed by atoms with Crippen molar-refractivity contribution in [2.24, 2.45) is 0 Å². The van der Waals surface area contributed by atoms with Crippen LogP contribution in [0.3, 0.4) is 0 Å². The van der Waals surface area contributed by atoms with Gasteiger partial charge >= 0.3 is 0 Å². The first-order valence-corrected chi connectivity index (χ1v) is 10.3. The molecule has 152 valence electrons. The number of sulfonamides is 1. The maximum absolute atomic E-state index is 12.6. The minimum Gasteiger partial charge on any atom is -0.497 e. The Kier molecular flexibility index (Phi) is 7.17. The molecule has 8 heteroatoms. The molecule has 1 atom stereocenters. The highest BCUT2D eigenvalue weighted by molar-refractivity contribution is 7.89. The van der Waals surface area contributed by atoms with Crippen molar-refractivity contribution in [3.05, 3.63) is 54.1 Å². The van der Waals surface area contributed by atoms with Gasteiger partial charge in [-0.2, -0.15) is 0 Å². The smallest absolute Gasteiger partial charge is 0.242 e. The number of hydrogen-bond acceptors (Lipinski definition) is 5.